The molecule has 1 fully saturated rings. The van der Waals surface area contributed by atoms with Crippen LogP contribution in [0.25, 0.3) is 0 Å². The molecule has 0 aromatic heterocycles. The Balaban J connectivity index is 0.000000360. The van der Waals surface area contributed by atoms with Gasteiger partial charge in [0.25, 0.3) is 0 Å². The van der Waals surface area contributed by atoms with E-state index in [9.17, 15) is 0 Å². The lowest BCUT2D eigenvalue weighted by Crippen LogP contribution is -1.87. The van der Waals surface area contributed by atoms with Gasteiger partial charge in [-0.05, 0) is 6.92 Å². The van der Waals surface area contributed by atoms with Crippen molar-refractivity contribution in [2.24, 2.45) is 0 Å². The molecule has 1 heterocycles. The smallest absolute Gasteiger partial charge is 0.244 e. The lowest BCUT2D eigenvalue weighted by molar-refractivity contribution is 0.398. The Bertz CT molecular complexity index is 73.3. The lowest BCUT2D eigenvalue weighted by atomic mass is 10.6. The predicted octanol–water partition coefficient (Wildman–Crippen LogP) is 0.712. The van der Waals surface area contributed by atoms with Crippen molar-refractivity contribution < 1.29 is 10.2 Å². The van der Waals surface area contributed by atoms with E-state index in [0.717, 1.165) is 0 Å². The minimum atomic E-state index is -0.847. The average Bonchev–Trinajstić information content (AvgIpc) is 1.73. The Morgan fingerprint density at radius 3 is 1.71 bits per heavy atom. The molecule has 4 heteroatoms. The van der Waals surface area contributed by atoms with E-state index in [1.54, 1.807) is 0 Å². The minimum Gasteiger partial charge on any atom is -0.412 e. The van der Waals surface area contributed by atoms with Crippen molar-refractivity contribution in [2.45, 2.75) is 17.5 Å². The van der Waals surface area contributed by atoms with E-state index in [4.69, 9.17) is 23.2 Å². The molecule has 1 unspecified atom stereocenters. The SMILES string of the molecule is CC1OC1(Cl)Cl.O. The maximum absolute atomic E-state index is 5.33. The van der Waals surface area contributed by atoms with E-state index in [2.05, 4.69) is 4.74 Å². The quantitative estimate of drug-likeness (QED) is 0.365. The van der Waals surface area contributed by atoms with Crippen molar-refractivity contribution in [1.29, 1.82) is 0 Å². The van der Waals surface area contributed by atoms with Gasteiger partial charge in [0.1, 0.15) is 6.10 Å². The zero-order valence-electron chi connectivity index (χ0n) is 3.74. The number of hydrogen-bond acceptors (Lipinski definition) is 1. The molecule has 44 valence electrons. The van der Waals surface area contributed by atoms with Crippen molar-refractivity contribution in [1.82, 2.24) is 0 Å². The van der Waals surface area contributed by atoms with Gasteiger partial charge in [-0.3, -0.25) is 0 Å². The normalized spacial score (nSPS) is 33.9. The Morgan fingerprint density at radius 1 is 1.57 bits per heavy atom. The zero-order valence-corrected chi connectivity index (χ0v) is 5.25. The molecular weight excluding hydrogens is 139 g/mol. The van der Waals surface area contributed by atoms with Gasteiger partial charge in [0, 0.05) is 0 Å². The number of hydrogen-bond donors (Lipinski definition) is 0. The van der Waals surface area contributed by atoms with Crippen LogP contribution in [0.3, 0.4) is 0 Å². The van der Waals surface area contributed by atoms with Gasteiger partial charge in [0.05, 0.1) is 0 Å². The molecule has 1 atom stereocenters. The third-order valence-electron chi connectivity index (χ3n) is 0.750. The van der Waals surface area contributed by atoms with Crippen LogP contribution in [0.5, 0.6) is 0 Å². The highest BCUT2D eigenvalue weighted by atomic mass is 35.5. The molecule has 0 aliphatic carbocycles. The first-order valence-electron chi connectivity index (χ1n) is 1.68. The van der Waals surface area contributed by atoms with Crippen LogP contribution in [-0.2, 0) is 4.74 Å². The fourth-order valence-electron chi connectivity index (χ4n) is 0.202. The lowest BCUT2D eigenvalue weighted by Gasteiger charge is -1.77. The van der Waals surface area contributed by atoms with E-state index >= 15 is 0 Å². The molecule has 7 heavy (non-hydrogen) atoms. The molecule has 0 spiro atoms. The maximum Gasteiger partial charge on any atom is 0.244 e. The summed E-state index contributed by atoms with van der Waals surface area (Å²) >= 11 is 10.7. The summed E-state index contributed by atoms with van der Waals surface area (Å²) in [7, 11) is 0. The van der Waals surface area contributed by atoms with Crippen LogP contribution in [0, 0.1) is 0 Å². The minimum absolute atomic E-state index is 0. The average molecular weight is 145 g/mol. The van der Waals surface area contributed by atoms with Gasteiger partial charge in [-0.2, -0.15) is 0 Å². The number of halogens is 2. The van der Waals surface area contributed by atoms with Gasteiger partial charge in [0.2, 0.25) is 4.52 Å². The van der Waals surface area contributed by atoms with Gasteiger partial charge < -0.3 is 10.2 Å². The van der Waals surface area contributed by atoms with E-state index in [1.807, 2.05) is 6.92 Å². The summed E-state index contributed by atoms with van der Waals surface area (Å²) in [5, 5.41) is 0. The molecule has 2 nitrogen and oxygen atoms in total. The van der Waals surface area contributed by atoms with Crippen molar-refractivity contribution in [3.05, 3.63) is 0 Å². The second-order valence-electron chi connectivity index (χ2n) is 1.32. The van der Waals surface area contributed by atoms with Crippen LogP contribution < -0.4 is 0 Å². The first-order valence-corrected chi connectivity index (χ1v) is 2.44. The molecule has 0 bridgehead atoms. The van der Waals surface area contributed by atoms with Gasteiger partial charge in [-0.1, -0.05) is 23.2 Å². The van der Waals surface area contributed by atoms with Crippen molar-refractivity contribution in [3.8, 4) is 0 Å². The van der Waals surface area contributed by atoms with Gasteiger partial charge in [-0.25, -0.2) is 0 Å². The number of epoxide rings is 1. The van der Waals surface area contributed by atoms with E-state index in [0.29, 0.717) is 0 Å². The Hall–Kier alpha value is 0.500. The summed E-state index contributed by atoms with van der Waals surface area (Å²) in [6.07, 6.45) is 0.0285. The van der Waals surface area contributed by atoms with E-state index in [1.165, 1.54) is 0 Å². The Kier molecular flexibility index (Phi) is 1.91. The monoisotopic (exact) mass is 144 g/mol. The summed E-state index contributed by atoms with van der Waals surface area (Å²) in [5.74, 6) is 0. The fourth-order valence-corrected chi connectivity index (χ4v) is 0.469. The summed E-state index contributed by atoms with van der Waals surface area (Å²) in [4.78, 5) is 0. The molecule has 0 aromatic carbocycles. The largest absolute Gasteiger partial charge is 0.412 e. The molecule has 1 aliphatic rings. The van der Waals surface area contributed by atoms with Gasteiger partial charge >= 0.3 is 0 Å². The van der Waals surface area contributed by atoms with E-state index < -0.39 is 4.52 Å². The Morgan fingerprint density at radius 2 is 1.71 bits per heavy atom. The van der Waals surface area contributed by atoms with Crippen LogP contribution >= 0.6 is 23.2 Å². The molecule has 0 aromatic rings. The first-order chi connectivity index (χ1) is 2.63. The number of rotatable bonds is 0. The van der Waals surface area contributed by atoms with Crippen molar-refractivity contribution >= 4 is 23.2 Å². The molecular formula is C3H6Cl2O2. The topological polar surface area (TPSA) is 44.0 Å². The second kappa shape index (κ2) is 1.78. The molecule has 2 N–H and O–H groups in total. The number of ether oxygens (including phenoxy) is 1. The molecule has 1 saturated heterocycles. The van der Waals surface area contributed by atoms with Crippen LogP contribution in [0.4, 0.5) is 0 Å². The maximum atomic E-state index is 5.33. The number of alkyl halides is 2. The Labute approximate surface area is 51.7 Å². The second-order valence-corrected chi connectivity index (χ2v) is 2.64. The molecule has 0 amide bonds. The highest BCUT2D eigenvalue weighted by molar-refractivity contribution is 6.49. The predicted molar refractivity (Wildman–Crippen MR) is 28.6 cm³/mol. The third kappa shape index (κ3) is 1.46. The van der Waals surface area contributed by atoms with Crippen LogP contribution in [0.15, 0.2) is 0 Å². The van der Waals surface area contributed by atoms with Crippen molar-refractivity contribution in [2.75, 3.05) is 0 Å². The third-order valence-corrected chi connectivity index (χ3v) is 1.54. The van der Waals surface area contributed by atoms with Crippen LogP contribution in [-0.4, -0.2) is 16.1 Å². The zero-order chi connectivity index (χ0) is 4.78. The summed E-state index contributed by atoms with van der Waals surface area (Å²) in [6, 6.07) is 0. The highest BCUT2D eigenvalue weighted by Crippen LogP contribution is 2.43. The summed E-state index contributed by atoms with van der Waals surface area (Å²) in [6.45, 7) is 1.82. The molecule has 1 rings (SSSR count). The summed E-state index contributed by atoms with van der Waals surface area (Å²) in [5.41, 5.74) is 0. The van der Waals surface area contributed by atoms with Crippen molar-refractivity contribution in [3.63, 3.8) is 0 Å². The van der Waals surface area contributed by atoms with Gasteiger partial charge in [-0.15, -0.1) is 0 Å². The van der Waals surface area contributed by atoms with E-state index in [-0.39, 0.29) is 11.6 Å². The first kappa shape index (κ1) is 7.50. The molecule has 1 aliphatic heterocycles. The molecule has 0 radical (unpaired) electrons. The highest BCUT2D eigenvalue weighted by Gasteiger charge is 2.50. The molecule has 0 saturated carbocycles. The summed E-state index contributed by atoms with van der Waals surface area (Å²) < 4.78 is 3.79. The van der Waals surface area contributed by atoms with Gasteiger partial charge in [0.15, 0.2) is 0 Å². The standard InChI is InChI=1S/C3H4Cl2O.H2O/c1-2-3(4,5)6-2;/h2H,1H3;1H2. The van der Waals surface area contributed by atoms with Crippen LogP contribution in [0.2, 0.25) is 0 Å². The fraction of sp³-hybridized carbons (Fsp3) is 1.00. The van der Waals surface area contributed by atoms with Crippen LogP contribution in [0.1, 0.15) is 6.92 Å².